The third-order valence-electron chi connectivity index (χ3n) is 5.56. The molecule has 1 aromatic heterocycles. The predicted molar refractivity (Wildman–Crippen MR) is 140 cm³/mol. The van der Waals surface area contributed by atoms with E-state index in [1.807, 2.05) is 19.2 Å². The van der Waals surface area contributed by atoms with Crippen LogP contribution in [0.4, 0.5) is 11.5 Å². The summed E-state index contributed by atoms with van der Waals surface area (Å²) in [5, 5.41) is 2.89. The minimum absolute atomic E-state index is 0.119. The Balaban J connectivity index is 1.67. The Morgan fingerprint density at radius 2 is 1.94 bits per heavy atom. The van der Waals surface area contributed by atoms with Crippen LogP contribution in [0, 0.1) is 5.92 Å². The van der Waals surface area contributed by atoms with Crippen molar-refractivity contribution in [3.63, 3.8) is 0 Å². The summed E-state index contributed by atoms with van der Waals surface area (Å²) in [5.41, 5.74) is 6.13. The van der Waals surface area contributed by atoms with Crippen molar-refractivity contribution in [2.75, 3.05) is 12.1 Å². The van der Waals surface area contributed by atoms with Crippen LogP contribution in [0.5, 0.6) is 5.75 Å². The molecule has 36 heavy (non-hydrogen) atoms. The van der Waals surface area contributed by atoms with Crippen molar-refractivity contribution < 1.29 is 23.4 Å². The molecule has 0 bridgehead atoms. The fourth-order valence-corrected chi connectivity index (χ4v) is 5.81. The van der Waals surface area contributed by atoms with E-state index in [1.165, 1.54) is 6.33 Å². The van der Waals surface area contributed by atoms with Crippen molar-refractivity contribution in [3.8, 4) is 5.75 Å². The number of carbonyl (C=O) groups excluding carboxylic acids is 1. The van der Waals surface area contributed by atoms with E-state index in [4.69, 9.17) is 19.7 Å². The second-order valence-electron chi connectivity index (χ2n) is 9.74. The van der Waals surface area contributed by atoms with E-state index in [9.17, 15) is 9.36 Å². The zero-order chi connectivity index (χ0) is 26.3. The summed E-state index contributed by atoms with van der Waals surface area (Å²) in [5.74, 6) is 0.363. The highest BCUT2D eigenvalue weighted by atomic mass is 31.2. The molecule has 196 valence electrons. The number of ether oxygens (including phenoxy) is 2. The SMILES string of the molecule is CC(C)OC(=O)C(C)(C)N[P@](=O)(CO[C@H](C)CC1C=Nc2c(N)ncnc2CC1)Oc1ccccc1. The van der Waals surface area contributed by atoms with Crippen LogP contribution >= 0.6 is 7.52 Å². The van der Waals surface area contributed by atoms with Crippen molar-refractivity contribution in [2.45, 2.75) is 71.6 Å². The van der Waals surface area contributed by atoms with Crippen LogP contribution in [0.25, 0.3) is 0 Å². The Morgan fingerprint density at radius 1 is 1.22 bits per heavy atom. The number of hydrogen-bond donors (Lipinski definition) is 2. The number of nitrogen functional groups attached to an aromatic ring is 1. The number of benzene rings is 1. The standard InChI is InChI=1S/C25H36N5O5P/c1-17(2)34-24(31)25(4,5)30-36(32,35-20-9-7-6-8-10-20)16-33-18(3)13-19-11-12-21-22(27-14-19)23(26)29-15-28-21/h6-10,14-15,17-19H,11-13,16H2,1-5H3,(H,30,32)(H2,26,28,29)/t18-,19?,36+/m1/s1. The number of rotatable bonds is 11. The number of fused-ring (bicyclic) bond motifs is 1. The zero-order valence-electron chi connectivity index (χ0n) is 21.5. The molecule has 11 heteroatoms. The summed E-state index contributed by atoms with van der Waals surface area (Å²) in [7, 11) is -3.67. The lowest BCUT2D eigenvalue weighted by Gasteiger charge is -2.31. The van der Waals surface area contributed by atoms with Crippen molar-refractivity contribution in [1.29, 1.82) is 0 Å². The smallest absolute Gasteiger partial charge is 0.342 e. The molecule has 0 saturated heterocycles. The van der Waals surface area contributed by atoms with Crippen LogP contribution in [0.2, 0.25) is 0 Å². The molecule has 0 radical (unpaired) electrons. The summed E-state index contributed by atoms with van der Waals surface area (Å²) in [6.07, 6.45) is 4.71. The summed E-state index contributed by atoms with van der Waals surface area (Å²) in [6, 6.07) is 8.79. The second-order valence-corrected chi connectivity index (χ2v) is 11.8. The van der Waals surface area contributed by atoms with E-state index < -0.39 is 19.0 Å². The van der Waals surface area contributed by atoms with Gasteiger partial charge in [0.25, 0.3) is 0 Å². The van der Waals surface area contributed by atoms with Gasteiger partial charge in [-0.2, -0.15) is 0 Å². The number of aromatic nitrogens is 2. The number of nitrogens with one attached hydrogen (secondary N) is 1. The Hall–Kier alpha value is -2.81. The van der Waals surface area contributed by atoms with Gasteiger partial charge in [-0.1, -0.05) is 18.2 Å². The molecule has 1 aromatic carbocycles. The Labute approximate surface area is 212 Å². The molecule has 1 unspecified atom stereocenters. The number of aryl methyl sites for hydroxylation is 1. The van der Waals surface area contributed by atoms with Crippen molar-refractivity contribution in [3.05, 3.63) is 42.4 Å². The average Bonchev–Trinajstić information content (AvgIpc) is 3.01. The average molecular weight is 518 g/mol. The van der Waals surface area contributed by atoms with Crippen LogP contribution in [0.3, 0.4) is 0 Å². The molecular formula is C25H36N5O5P. The van der Waals surface area contributed by atoms with Gasteiger partial charge in [-0.05, 0) is 71.9 Å². The van der Waals surface area contributed by atoms with E-state index in [0.29, 0.717) is 23.7 Å². The fraction of sp³-hybridized carbons (Fsp3) is 0.520. The summed E-state index contributed by atoms with van der Waals surface area (Å²) < 4.78 is 31.1. The third-order valence-corrected chi connectivity index (χ3v) is 7.45. The first-order chi connectivity index (χ1) is 17.0. The molecular weight excluding hydrogens is 481 g/mol. The lowest BCUT2D eigenvalue weighted by atomic mass is 9.97. The van der Waals surface area contributed by atoms with Gasteiger partial charge in [-0.25, -0.2) is 15.1 Å². The monoisotopic (exact) mass is 517 g/mol. The van der Waals surface area contributed by atoms with Crippen LogP contribution < -0.4 is 15.3 Å². The Morgan fingerprint density at radius 3 is 2.64 bits per heavy atom. The van der Waals surface area contributed by atoms with Gasteiger partial charge >= 0.3 is 13.5 Å². The first kappa shape index (κ1) is 27.8. The van der Waals surface area contributed by atoms with Crippen molar-refractivity contribution in [1.82, 2.24) is 15.1 Å². The molecule has 0 spiro atoms. The molecule has 1 aliphatic rings. The predicted octanol–water partition coefficient (Wildman–Crippen LogP) is 4.67. The van der Waals surface area contributed by atoms with Gasteiger partial charge in [0.1, 0.15) is 29.7 Å². The highest BCUT2D eigenvalue weighted by Crippen LogP contribution is 2.45. The van der Waals surface area contributed by atoms with Crippen LogP contribution in [-0.4, -0.2) is 46.2 Å². The normalized spacial score (nSPS) is 18.1. The van der Waals surface area contributed by atoms with Gasteiger partial charge in [0.05, 0.1) is 17.9 Å². The minimum atomic E-state index is -3.67. The number of nitrogens with two attached hydrogens (primary N) is 1. The maximum Gasteiger partial charge on any atom is 0.342 e. The summed E-state index contributed by atoms with van der Waals surface area (Å²) in [6.45, 7) is 8.64. The zero-order valence-corrected chi connectivity index (χ0v) is 22.4. The molecule has 2 aromatic rings. The lowest BCUT2D eigenvalue weighted by molar-refractivity contribution is -0.153. The molecule has 2 heterocycles. The molecule has 0 fully saturated rings. The molecule has 10 nitrogen and oxygen atoms in total. The van der Waals surface area contributed by atoms with Gasteiger partial charge < -0.3 is 19.7 Å². The van der Waals surface area contributed by atoms with Gasteiger partial charge in [0, 0.05) is 6.21 Å². The van der Waals surface area contributed by atoms with Crippen molar-refractivity contribution in [2.24, 2.45) is 10.9 Å². The van der Waals surface area contributed by atoms with Gasteiger partial charge in [-0.15, -0.1) is 0 Å². The maximum absolute atomic E-state index is 13.9. The number of anilines is 1. The summed E-state index contributed by atoms with van der Waals surface area (Å²) >= 11 is 0. The number of esters is 1. The highest BCUT2D eigenvalue weighted by Gasteiger charge is 2.40. The van der Waals surface area contributed by atoms with Crippen molar-refractivity contribution >= 4 is 31.2 Å². The van der Waals surface area contributed by atoms with E-state index in [0.717, 1.165) is 18.5 Å². The third kappa shape index (κ3) is 7.85. The molecule has 1 aliphatic heterocycles. The Kier molecular flexibility index (Phi) is 9.22. The largest absolute Gasteiger partial charge is 0.462 e. The molecule has 0 saturated carbocycles. The number of aliphatic imine (C=N–C) groups is 1. The number of carbonyl (C=O) groups is 1. The molecule has 3 rings (SSSR count). The lowest BCUT2D eigenvalue weighted by Crippen LogP contribution is -2.48. The summed E-state index contributed by atoms with van der Waals surface area (Å²) in [4.78, 5) is 25.4. The van der Waals surface area contributed by atoms with Crippen LogP contribution in [0.1, 0.15) is 53.2 Å². The molecule has 3 atom stereocenters. The van der Waals surface area contributed by atoms with Gasteiger partial charge in [-0.3, -0.25) is 14.4 Å². The van der Waals surface area contributed by atoms with E-state index in [-0.39, 0.29) is 24.5 Å². The molecule has 0 amide bonds. The minimum Gasteiger partial charge on any atom is -0.462 e. The number of nitrogens with zero attached hydrogens (tertiary/aromatic N) is 3. The quantitative estimate of drug-likeness (QED) is 0.322. The van der Waals surface area contributed by atoms with Gasteiger partial charge in [0.15, 0.2) is 5.82 Å². The molecule has 0 aliphatic carbocycles. The number of hydrogen-bond acceptors (Lipinski definition) is 9. The Bertz CT molecular complexity index is 1110. The first-order valence-electron chi connectivity index (χ1n) is 12.1. The fourth-order valence-electron chi connectivity index (χ4n) is 3.80. The highest BCUT2D eigenvalue weighted by molar-refractivity contribution is 7.57. The topological polar surface area (TPSA) is 138 Å². The van der Waals surface area contributed by atoms with E-state index in [2.05, 4.69) is 20.0 Å². The van der Waals surface area contributed by atoms with Gasteiger partial charge in [0.2, 0.25) is 0 Å². The first-order valence-corrected chi connectivity index (χ1v) is 13.9. The van der Waals surface area contributed by atoms with E-state index in [1.54, 1.807) is 52.0 Å². The van der Waals surface area contributed by atoms with Crippen LogP contribution in [0.15, 0.2) is 41.7 Å². The molecule has 3 N–H and O–H groups in total. The number of para-hydroxylation sites is 1. The maximum atomic E-state index is 13.9. The van der Waals surface area contributed by atoms with E-state index >= 15 is 0 Å². The van der Waals surface area contributed by atoms with Crippen LogP contribution in [-0.2, 0) is 25.3 Å². The second kappa shape index (κ2) is 12.0.